The molecule has 0 aliphatic carbocycles. The van der Waals surface area contributed by atoms with Crippen molar-refractivity contribution in [1.29, 1.82) is 0 Å². The van der Waals surface area contributed by atoms with E-state index in [0.717, 1.165) is 6.07 Å². The van der Waals surface area contributed by atoms with E-state index in [1.807, 2.05) is 6.92 Å². The summed E-state index contributed by atoms with van der Waals surface area (Å²) in [7, 11) is 0. The van der Waals surface area contributed by atoms with Crippen LogP contribution in [0.2, 0.25) is 5.02 Å². The molecule has 1 aromatic carbocycles. The molecule has 0 saturated carbocycles. The van der Waals surface area contributed by atoms with Crippen molar-refractivity contribution < 1.29 is 9.18 Å². The van der Waals surface area contributed by atoms with Crippen LogP contribution >= 0.6 is 34.8 Å². The highest BCUT2D eigenvalue weighted by molar-refractivity contribution is 6.34. The lowest BCUT2D eigenvalue weighted by Crippen LogP contribution is -2.51. The first-order valence-corrected chi connectivity index (χ1v) is 6.82. The number of carbonyl (C=O) groups excluding carboxylic acids is 1. The summed E-state index contributed by atoms with van der Waals surface area (Å²) in [5, 5.41) is 2.80. The minimum absolute atomic E-state index is 0.0571. The van der Waals surface area contributed by atoms with Crippen LogP contribution in [-0.2, 0) is 0 Å². The summed E-state index contributed by atoms with van der Waals surface area (Å²) in [4.78, 5) is 12.0. The largest absolute Gasteiger partial charge is 0.344 e. The lowest BCUT2D eigenvalue weighted by atomic mass is 10.0. The number of amides is 1. The maximum absolute atomic E-state index is 12.9. The van der Waals surface area contributed by atoms with E-state index < -0.39 is 17.3 Å². The van der Waals surface area contributed by atoms with Crippen molar-refractivity contribution in [3.05, 3.63) is 34.6 Å². The number of hydrogen-bond donors (Lipinski definition) is 1. The van der Waals surface area contributed by atoms with E-state index >= 15 is 0 Å². The van der Waals surface area contributed by atoms with Crippen molar-refractivity contribution in [2.45, 2.75) is 18.9 Å². The van der Waals surface area contributed by atoms with Crippen LogP contribution in [0.25, 0.3) is 0 Å². The van der Waals surface area contributed by atoms with E-state index in [2.05, 4.69) is 5.32 Å². The quantitative estimate of drug-likeness (QED) is 0.822. The number of alkyl halides is 2. The molecular weight excluding hydrogens is 299 g/mol. The summed E-state index contributed by atoms with van der Waals surface area (Å²) in [6.45, 7) is 1.87. The third-order valence-corrected chi connectivity index (χ3v) is 4.08. The molecule has 1 rings (SSSR count). The fraction of sp³-hybridized carbons (Fsp3) is 0.417. The molecule has 18 heavy (non-hydrogen) atoms. The first kappa shape index (κ1) is 15.5. The Bertz CT molecular complexity index is 427. The monoisotopic (exact) mass is 311 g/mol. The third-order valence-electron chi connectivity index (χ3n) is 2.74. The van der Waals surface area contributed by atoms with Gasteiger partial charge in [-0.3, -0.25) is 4.79 Å². The van der Waals surface area contributed by atoms with E-state index in [1.54, 1.807) is 0 Å². The lowest BCUT2D eigenvalue weighted by molar-refractivity contribution is 0.0913. The van der Waals surface area contributed by atoms with Gasteiger partial charge in [-0.15, -0.1) is 23.2 Å². The SMILES string of the molecule is CCC(CCl)(CCl)NC(=O)c1ccc(F)cc1Cl. The molecule has 1 amide bonds. The van der Waals surface area contributed by atoms with Crippen molar-refractivity contribution >= 4 is 40.7 Å². The zero-order valence-electron chi connectivity index (χ0n) is 9.77. The molecule has 0 radical (unpaired) electrons. The Labute approximate surface area is 120 Å². The highest BCUT2D eigenvalue weighted by Gasteiger charge is 2.29. The summed E-state index contributed by atoms with van der Waals surface area (Å²) >= 11 is 17.5. The molecule has 0 aliphatic rings. The summed E-state index contributed by atoms with van der Waals surface area (Å²) in [5.74, 6) is -0.522. The normalized spacial score (nSPS) is 11.4. The molecule has 0 atom stereocenters. The summed E-state index contributed by atoms with van der Waals surface area (Å²) < 4.78 is 12.9. The molecule has 0 fully saturated rings. The van der Waals surface area contributed by atoms with Gasteiger partial charge in [-0.25, -0.2) is 4.39 Å². The Balaban J connectivity index is 2.94. The minimum Gasteiger partial charge on any atom is -0.344 e. The Morgan fingerprint density at radius 1 is 1.39 bits per heavy atom. The number of halogens is 4. The van der Waals surface area contributed by atoms with Gasteiger partial charge in [0, 0.05) is 11.8 Å². The number of rotatable bonds is 5. The van der Waals surface area contributed by atoms with Gasteiger partial charge in [-0.1, -0.05) is 18.5 Å². The molecule has 0 heterocycles. The molecule has 0 spiro atoms. The Hall–Kier alpha value is -0.510. The van der Waals surface area contributed by atoms with Gasteiger partial charge in [-0.2, -0.15) is 0 Å². The molecule has 100 valence electrons. The van der Waals surface area contributed by atoms with Crippen molar-refractivity contribution in [2.75, 3.05) is 11.8 Å². The molecular formula is C12H13Cl3FNO. The lowest BCUT2D eigenvalue weighted by Gasteiger charge is -2.29. The van der Waals surface area contributed by atoms with Crippen molar-refractivity contribution in [2.24, 2.45) is 0 Å². The maximum Gasteiger partial charge on any atom is 0.253 e. The van der Waals surface area contributed by atoms with Crippen LogP contribution in [0, 0.1) is 5.82 Å². The van der Waals surface area contributed by atoms with Gasteiger partial charge >= 0.3 is 0 Å². The first-order chi connectivity index (χ1) is 8.48. The van der Waals surface area contributed by atoms with Crippen LogP contribution in [-0.4, -0.2) is 23.2 Å². The second-order valence-corrected chi connectivity index (χ2v) is 4.92. The predicted octanol–water partition coefficient (Wildman–Crippen LogP) is 3.84. The summed E-state index contributed by atoms with van der Waals surface area (Å²) in [5.41, 5.74) is -0.483. The van der Waals surface area contributed by atoms with Gasteiger partial charge in [-0.05, 0) is 24.6 Å². The number of hydrogen-bond acceptors (Lipinski definition) is 1. The summed E-state index contributed by atoms with van der Waals surface area (Å²) in [6, 6.07) is 3.59. The Morgan fingerprint density at radius 2 is 2.00 bits per heavy atom. The predicted molar refractivity (Wildman–Crippen MR) is 73.3 cm³/mol. The van der Waals surface area contributed by atoms with Gasteiger partial charge in [0.25, 0.3) is 5.91 Å². The zero-order chi connectivity index (χ0) is 13.8. The fourth-order valence-electron chi connectivity index (χ4n) is 1.36. The molecule has 1 N–H and O–H groups in total. The molecule has 0 aliphatic heterocycles. The van der Waals surface area contributed by atoms with Gasteiger partial charge in [0.15, 0.2) is 0 Å². The van der Waals surface area contributed by atoms with Crippen molar-refractivity contribution in [1.82, 2.24) is 5.32 Å². The van der Waals surface area contributed by atoms with Crippen LogP contribution < -0.4 is 5.32 Å². The van der Waals surface area contributed by atoms with E-state index in [1.165, 1.54) is 12.1 Å². The van der Waals surface area contributed by atoms with E-state index in [-0.39, 0.29) is 22.3 Å². The second kappa shape index (κ2) is 6.60. The smallest absolute Gasteiger partial charge is 0.253 e. The first-order valence-electron chi connectivity index (χ1n) is 5.37. The van der Waals surface area contributed by atoms with E-state index in [0.29, 0.717) is 6.42 Å². The molecule has 0 saturated heterocycles. The highest BCUT2D eigenvalue weighted by Crippen LogP contribution is 2.20. The number of carbonyl (C=O) groups is 1. The van der Waals surface area contributed by atoms with Gasteiger partial charge in [0.2, 0.25) is 0 Å². The standard InChI is InChI=1S/C12H13Cl3FNO/c1-2-12(6-13,7-14)17-11(18)9-4-3-8(16)5-10(9)15/h3-5H,2,6-7H2,1H3,(H,17,18). The van der Waals surface area contributed by atoms with Gasteiger partial charge in [0.1, 0.15) is 5.82 Å². The number of nitrogens with one attached hydrogen (secondary N) is 1. The van der Waals surface area contributed by atoms with Crippen LogP contribution in [0.1, 0.15) is 23.7 Å². The van der Waals surface area contributed by atoms with Crippen LogP contribution in [0.5, 0.6) is 0 Å². The topological polar surface area (TPSA) is 29.1 Å². The van der Waals surface area contributed by atoms with E-state index in [4.69, 9.17) is 34.8 Å². The molecule has 0 bridgehead atoms. The van der Waals surface area contributed by atoms with Crippen LogP contribution in [0.3, 0.4) is 0 Å². The molecule has 0 aromatic heterocycles. The van der Waals surface area contributed by atoms with E-state index in [9.17, 15) is 9.18 Å². The molecule has 2 nitrogen and oxygen atoms in total. The maximum atomic E-state index is 12.9. The van der Waals surface area contributed by atoms with Crippen LogP contribution in [0.4, 0.5) is 4.39 Å². The van der Waals surface area contributed by atoms with Crippen molar-refractivity contribution in [3.8, 4) is 0 Å². The average molecular weight is 313 g/mol. The molecule has 0 unspecified atom stereocenters. The third kappa shape index (κ3) is 3.50. The molecule has 1 aromatic rings. The Kier molecular flexibility index (Phi) is 5.70. The highest BCUT2D eigenvalue weighted by atomic mass is 35.5. The number of benzene rings is 1. The Morgan fingerprint density at radius 3 is 2.44 bits per heavy atom. The van der Waals surface area contributed by atoms with Gasteiger partial charge < -0.3 is 5.32 Å². The average Bonchev–Trinajstić information content (AvgIpc) is 2.36. The molecule has 6 heteroatoms. The zero-order valence-corrected chi connectivity index (χ0v) is 12.0. The minimum atomic E-state index is -0.683. The van der Waals surface area contributed by atoms with Crippen molar-refractivity contribution in [3.63, 3.8) is 0 Å². The second-order valence-electron chi connectivity index (χ2n) is 3.98. The van der Waals surface area contributed by atoms with Gasteiger partial charge in [0.05, 0.1) is 16.1 Å². The fourth-order valence-corrected chi connectivity index (χ4v) is 2.41. The summed E-state index contributed by atoms with van der Waals surface area (Å²) in [6.07, 6.45) is 0.588. The van der Waals surface area contributed by atoms with Crippen LogP contribution in [0.15, 0.2) is 18.2 Å².